The zero-order valence-electron chi connectivity index (χ0n) is 14.2. The van der Waals surface area contributed by atoms with Crippen LogP contribution in [0, 0.1) is 5.92 Å². The van der Waals surface area contributed by atoms with Gasteiger partial charge in [0.2, 0.25) is 0 Å². The van der Waals surface area contributed by atoms with Crippen molar-refractivity contribution in [3.8, 4) is 5.75 Å². The molecule has 0 spiro atoms. The molecule has 3 nitrogen and oxygen atoms in total. The molecule has 1 saturated heterocycles. The van der Waals surface area contributed by atoms with Gasteiger partial charge in [0.15, 0.2) is 0 Å². The monoisotopic (exact) mass is 302 g/mol. The Balaban J connectivity index is 1.60. The third-order valence-corrected chi connectivity index (χ3v) is 5.37. The van der Waals surface area contributed by atoms with Crippen molar-refractivity contribution in [2.24, 2.45) is 5.92 Å². The van der Waals surface area contributed by atoms with Crippen LogP contribution in [0.3, 0.4) is 0 Å². The van der Waals surface area contributed by atoms with E-state index in [0.717, 1.165) is 23.7 Å². The minimum Gasteiger partial charge on any atom is -0.493 e. The molecule has 0 unspecified atom stereocenters. The lowest BCUT2D eigenvalue weighted by molar-refractivity contribution is 0.00578. The van der Waals surface area contributed by atoms with Gasteiger partial charge >= 0.3 is 7.12 Å². The van der Waals surface area contributed by atoms with Gasteiger partial charge in [-0.1, -0.05) is 25.0 Å². The van der Waals surface area contributed by atoms with E-state index < -0.39 is 0 Å². The fourth-order valence-electron chi connectivity index (χ4n) is 3.09. The minimum absolute atomic E-state index is 0.296. The van der Waals surface area contributed by atoms with Crippen molar-refractivity contribution in [2.45, 2.75) is 64.6 Å². The van der Waals surface area contributed by atoms with E-state index in [1.165, 1.54) is 25.7 Å². The van der Waals surface area contributed by atoms with Gasteiger partial charge in [0.25, 0.3) is 0 Å². The van der Waals surface area contributed by atoms with Crippen molar-refractivity contribution in [3.05, 3.63) is 24.3 Å². The summed E-state index contributed by atoms with van der Waals surface area (Å²) in [6.45, 7) is 9.15. The van der Waals surface area contributed by atoms with E-state index in [-0.39, 0.29) is 18.3 Å². The maximum Gasteiger partial charge on any atom is 0.494 e. The summed E-state index contributed by atoms with van der Waals surface area (Å²) in [6, 6.07) is 8.14. The van der Waals surface area contributed by atoms with Gasteiger partial charge in [0, 0.05) is 0 Å². The molecule has 1 heterocycles. The highest BCUT2D eigenvalue weighted by Crippen LogP contribution is 2.36. The van der Waals surface area contributed by atoms with Crippen molar-refractivity contribution in [3.63, 3.8) is 0 Å². The first kappa shape index (κ1) is 15.9. The fourth-order valence-corrected chi connectivity index (χ4v) is 3.09. The molecule has 22 heavy (non-hydrogen) atoms. The molecule has 1 aliphatic heterocycles. The van der Waals surface area contributed by atoms with Crippen molar-refractivity contribution < 1.29 is 14.0 Å². The van der Waals surface area contributed by atoms with E-state index in [2.05, 4.69) is 27.7 Å². The predicted octanol–water partition coefficient (Wildman–Crippen LogP) is 3.55. The van der Waals surface area contributed by atoms with Gasteiger partial charge in [-0.25, -0.2) is 0 Å². The average molecular weight is 302 g/mol. The quantitative estimate of drug-likeness (QED) is 0.796. The zero-order valence-corrected chi connectivity index (χ0v) is 14.2. The lowest BCUT2D eigenvalue weighted by Crippen LogP contribution is -2.41. The third-order valence-electron chi connectivity index (χ3n) is 5.37. The molecule has 4 heteroatoms. The largest absolute Gasteiger partial charge is 0.494 e. The Hall–Kier alpha value is -0.995. The second-order valence-corrected chi connectivity index (χ2v) is 7.62. The Bertz CT molecular complexity index is 488. The molecule has 0 N–H and O–H groups in total. The van der Waals surface area contributed by atoms with Gasteiger partial charge in [0.05, 0.1) is 17.8 Å². The second kappa shape index (κ2) is 5.90. The Labute approximate surface area is 134 Å². The highest BCUT2D eigenvalue weighted by Gasteiger charge is 2.51. The first-order valence-corrected chi connectivity index (χ1v) is 8.46. The first-order valence-electron chi connectivity index (χ1n) is 8.46. The smallest absolute Gasteiger partial charge is 0.493 e. The van der Waals surface area contributed by atoms with Gasteiger partial charge < -0.3 is 14.0 Å². The van der Waals surface area contributed by atoms with E-state index in [1.807, 2.05) is 24.3 Å². The molecule has 0 amide bonds. The number of rotatable bonds is 4. The second-order valence-electron chi connectivity index (χ2n) is 7.62. The maximum atomic E-state index is 6.07. The number of hydrogen-bond acceptors (Lipinski definition) is 3. The molecule has 120 valence electrons. The van der Waals surface area contributed by atoms with Gasteiger partial charge in [-0.05, 0) is 64.1 Å². The Morgan fingerprint density at radius 2 is 1.55 bits per heavy atom. The molecule has 1 aromatic rings. The van der Waals surface area contributed by atoms with Crippen LogP contribution >= 0.6 is 0 Å². The Kier molecular flexibility index (Phi) is 4.26. The van der Waals surface area contributed by atoms with Crippen molar-refractivity contribution in [2.75, 3.05) is 6.61 Å². The highest BCUT2D eigenvalue weighted by molar-refractivity contribution is 6.62. The van der Waals surface area contributed by atoms with Crippen molar-refractivity contribution in [1.29, 1.82) is 0 Å². The molecule has 0 bridgehead atoms. The minimum atomic E-state index is -0.297. The molecule has 0 radical (unpaired) electrons. The maximum absolute atomic E-state index is 6.07. The van der Waals surface area contributed by atoms with Crippen LogP contribution in [-0.4, -0.2) is 24.9 Å². The number of benzene rings is 1. The molecule has 0 atom stereocenters. The van der Waals surface area contributed by atoms with Crippen molar-refractivity contribution >= 4 is 12.6 Å². The SMILES string of the molecule is CC1(C)OB(c2ccc(OCC3CCCC3)cc2)OC1(C)C. The predicted molar refractivity (Wildman–Crippen MR) is 89.6 cm³/mol. The van der Waals surface area contributed by atoms with Crippen LogP contribution in [0.2, 0.25) is 0 Å². The van der Waals surface area contributed by atoms with Gasteiger partial charge in [0.1, 0.15) is 5.75 Å². The summed E-state index contributed by atoms with van der Waals surface area (Å²) < 4.78 is 18.0. The number of hydrogen-bond donors (Lipinski definition) is 0. The van der Waals surface area contributed by atoms with Crippen LogP contribution in [0.4, 0.5) is 0 Å². The molecular formula is C18H27BO3. The standard InChI is InChI=1S/C18H27BO3/c1-17(2)18(3,4)22-19(21-17)15-9-11-16(12-10-15)20-13-14-7-5-6-8-14/h9-12,14H,5-8,13H2,1-4H3. The van der Waals surface area contributed by atoms with Crippen LogP contribution < -0.4 is 10.2 Å². The van der Waals surface area contributed by atoms with E-state index in [9.17, 15) is 0 Å². The molecule has 2 fully saturated rings. The Morgan fingerprint density at radius 3 is 2.09 bits per heavy atom. The van der Waals surface area contributed by atoms with Crippen LogP contribution in [0.5, 0.6) is 5.75 Å². The van der Waals surface area contributed by atoms with E-state index in [4.69, 9.17) is 14.0 Å². The summed E-state index contributed by atoms with van der Waals surface area (Å²) in [7, 11) is -0.297. The lowest BCUT2D eigenvalue weighted by atomic mass is 9.79. The third kappa shape index (κ3) is 3.18. The van der Waals surface area contributed by atoms with E-state index in [0.29, 0.717) is 0 Å². The summed E-state index contributed by atoms with van der Waals surface area (Å²) in [6.07, 6.45) is 5.34. The average Bonchev–Trinajstić information content (AvgIpc) is 3.04. The summed E-state index contributed by atoms with van der Waals surface area (Å²) in [5, 5.41) is 0. The van der Waals surface area contributed by atoms with E-state index in [1.54, 1.807) is 0 Å². The molecule has 1 aromatic carbocycles. The molecular weight excluding hydrogens is 275 g/mol. The zero-order chi connectivity index (χ0) is 15.8. The topological polar surface area (TPSA) is 27.7 Å². The summed E-state index contributed by atoms with van der Waals surface area (Å²) in [5.41, 5.74) is 0.455. The van der Waals surface area contributed by atoms with Gasteiger partial charge in [-0.3, -0.25) is 0 Å². The fraction of sp³-hybridized carbons (Fsp3) is 0.667. The normalized spacial score (nSPS) is 23.9. The van der Waals surface area contributed by atoms with Crippen LogP contribution in [0.25, 0.3) is 0 Å². The lowest BCUT2D eigenvalue weighted by Gasteiger charge is -2.32. The van der Waals surface area contributed by atoms with Crippen LogP contribution in [-0.2, 0) is 9.31 Å². The molecule has 1 saturated carbocycles. The van der Waals surface area contributed by atoms with Gasteiger partial charge in [-0.2, -0.15) is 0 Å². The Morgan fingerprint density at radius 1 is 1.00 bits per heavy atom. The molecule has 2 aliphatic rings. The summed E-state index contributed by atoms with van der Waals surface area (Å²) in [4.78, 5) is 0. The summed E-state index contributed by atoms with van der Waals surface area (Å²) in [5.74, 6) is 1.68. The van der Waals surface area contributed by atoms with E-state index >= 15 is 0 Å². The highest BCUT2D eigenvalue weighted by atomic mass is 16.7. The first-order chi connectivity index (χ1) is 10.4. The van der Waals surface area contributed by atoms with Crippen LogP contribution in [0.1, 0.15) is 53.4 Å². The molecule has 0 aromatic heterocycles. The summed E-state index contributed by atoms with van der Waals surface area (Å²) >= 11 is 0. The van der Waals surface area contributed by atoms with Gasteiger partial charge in [-0.15, -0.1) is 0 Å². The van der Waals surface area contributed by atoms with Crippen molar-refractivity contribution in [1.82, 2.24) is 0 Å². The molecule has 1 aliphatic carbocycles. The number of ether oxygens (including phenoxy) is 1. The van der Waals surface area contributed by atoms with Crippen LogP contribution in [0.15, 0.2) is 24.3 Å². The molecule has 3 rings (SSSR count).